The predicted octanol–water partition coefficient (Wildman–Crippen LogP) is 2.04. The van der Waals surface area contributed by atoms with Crippen molar-refractivity contribution in [3.63, 3.8) is 0 Å². The van der Waals surface area contributed by atoms with Gasteiger partial charge < -0.3 is 4.74 Å². The van der Waals surface area contributed by atoms with E-state index in [1.807, 2.05) is 0 Å². The molecule has 0 fully saturated rings. The number of carbonyl (C=O) groups is 1. The van der Waals surface area contributed by atoms with Crippen molar-refractivity contribution in [1.29, 1.82) is 0 Å². The summed E-state index contributed by atoms with van der Waals surface area (Å²) >= 11 is 0. The number of benzene rings is 1. The second-order valence-electron chi connectivity index (χ2n) is 2.86. The number of esters is 1. The van der Waals surface area contributed by atoms with E-state index in [4.69, 9.17) is 0 Å². The molecule has 14 heavy (non-hydrogen) atoms. The standard InChI is InChI=1S/C10H10F2O2/c1-14-9(13)10(11,12)7-8-5-3-2-4-6-8/h2-6H,7H2,1H3. The second kappa shape index (κ2) is 4.17. The molecule has 0 atom stereocenters. The van der Waals surface area contributed by atoms with Crippen LogP contribution in [0.25, 0.3) is 0 Å². The van der Waals surface area contributed by atoms with E-state index in [-0.39, 0.29) is 0 Å². The molecule has 0 heterocycles. The van der Waals surface area contributed by atoms with Crippen LogP contribution >= 0.6 is 0 Å². The first kappa shape index (κ1) is 10.6. The number of hydrogen-bond donors (Lipinski definition) is 0. The van der Waals surface area contributed by atoms with Gasteiger partial charge in [0.15, 0.2) is 0 Å². The monoisotopic (exact) mass is 200 g/mol. The summed E-state index contributed by atoms with van der Waals surface area (Å²) in [5, 5.41) is 0. The number of hydrogen-bond acceptors (Lipinski definition) is 2. The van der Waals surface area contributed by atoms with E-state index < -0.39 is 18.3 Å². The third kappa shape index (κ3) is 2.52. The van der Waals surface area contributed by atoms with Crippen molar-refractivity contribution in [2.75, 3.05) is 7.11 Å². The van der Waals surface area contributed by atoms with E-state index in [1.165, 1.54) is 12.1 Å². The van der Waals surface area contributed by atoms with Crippen LogP contribution < -0.4 is 0 Å². The van der Waals surface area contributed by atoms with Crippen molar-refractivity contribution in [2.45, 2.75) is 12.3 Å². The Bertz CT molecular complexity index is 309. The zero-order valence-corrected chi connectivity index (χ0v) is 7.67. The van der Waals surface area contributed by atoms with Gasteiger partial charge in [-0.05, 0) is 5.56 Å². The molecule has 76 valence electrons. The summed E-state index contributed by atoms with van der Waals surface area (Å²) < 4.78 is 30.1. The van der Waals surface area contributed by atoms with Gasteiger partial charge in [0, 0.05) is 6.42 Å². The first-order valence-electron chi connectivity index (χ1n) is 4.06. The number of alkyl halides is 2. The second-order valence-corrected chi connectivity index (χ2v) is 2.86. The van der Waals surface area contributed by atoms with Crippen LogP contribution in [-0.2, 0) is 16.0 Å². The summed E-state index contributed by atoms with van der Waals surface area (Å²) in [6.07, 6.45) is -0.624. The largest absolute Gasteiger partial charge is 0.465 e. The molecule has 1 aromatic rings. The smallest absolute Gasteiger partial charge is 0.377 e. The first-order valence-corrected chi connectivity index (χ1v) is 4.06. The summed E-state index contributed by atoms with van der Waals surface area (Å²) in [6, 6.07) is 8.08. The molecule has 0 bridgehead atoms. The molecule has 2 nitrogen and oxygen atoms in total. The van der Waals surface area contributed by atoms with Gasteiger partial charge in [0.1, 0.15) is 0 Å². The Morgan fingerprint density at radius 1 is 1.36 bits per heavy atom. The van der Waals surface area contributed by atoms with Crippen molar-refractivity contribution >= 4 is 5.97 Å². The van der Waals surface area contributed by atoms with Gasteiger partial charge in [0.05, 0.1) is 7.11 Å². The average Bonchev–Trinajstić information content (AvgIpc) is 2.17. The SMILES string of the molecule is COC(=O)C(F)(F)Cc1ccccc1. The molecule has 0 spiro atoms. The van der Waals surface area contributed by atoms with Gasteiger partial charge in [-0.2, -0.15) is 8.78 Å². The molecular formula is C10H10F2O2. The number of halogens is 2. The van der Waals surface area contributed by atoms with Gasteiger partial charge in [0.25, 0.3) is 0 Å². The first-order chi connectivity index (χ1) is 6.56. The Morgan fingerprint density at radius 2 is 1.93 bits per heavy atom. The Balaban J connectivity index is 2.73. The maximum atomic E-state index is 13.0. The van der Waals surface area contributed by atoms with Crippen molar-refractivity contribution < 1.29 is 18.3 Å². The zero-order chi connectivity index (χ0) is 10.6. The average molecular weight is 200 g/mol. The molecule has 1 rings (SSSR count). The molecule has 0 saturated carbocycles. The van der Waals surface area contributed by atoms with Gasteiger partial charge in [-0.3, -0.25) is 0 Å². The molecular weight excluding hydrogens is 190 g/mol. The lowest BCUT2D eigenvalue weighted by atomic mass is 10.1. The third-order valence-electron chi connectivity index (χ3n) is 1.75. The normalized spacial score (nSPS) is 11.1. The molecule has 0 amide bonds. The maximum absolute atomic E-state index is 13.0. The van der Waals surface area contributed by atoms with Gasteiger partial charge in [-0.1, -0.05) is 30.3 Å². The fourth-order valence-electron chi connectivity index (χ4n) is 1.07. The minimum absolute atomic E-state index is 0.405. The lowest BCUT2D eigenvalue weighted by Gasteiger charge is -2.12. The van der Waals surface area contributed by atoms with E-state index in [2.05, 4.69) is 4.74 Å². The summed E-state index contributed by atoms with van der Waals surface area (Å²) in [6.45, 7) is 0. The summed E-state index contributed by atoms with van der Waals surface area (Å²) in [7, 11) is 0.946. The molecule has 0 radical (unpaired) electrons. The summed E-state index contributed by atoms with van der Waals surface area (Å²) in [5.41, 5.74) is 0.405. The molecule has 0 saturated heterocycles. The highest BCUT2D eigenvalue weighted by Gasteiger charge is 2.39. The molecule has 0 aromatic heterocycles. The van der Waals surface area contributed by atoms with Crippen LogP contribution in [0, 0.1) is 0 Å². The van der Waals surface area contributed by atoms with Crippen LogP contribution in [-0.4, -0.2) is 19.0 Å². The molecule has 0 aliphatic carbocycles. The molecule has 4 heteroatoms. The molecule has 0 N–H and O–H groups in total. The topological polar surface area (TPSA) is 26.3 Å². The zero-order valence-electron chi connectivity index (χ0n) is 7.67. The van der Waals surface area contributed by atoms with E-state index in [9.17, 15) is 13.6 Å². The number of ether oxygens (including phenoxy) is 1. The Morgan fingerprint density at radius 3 is 2.43 bits per heavy atom. The minimum atomic E-state index is -3.45. The number of rotatable bonds is 3. The van der Waals surface area contributed by atoms with Crippen molar-refractivity contribution in [1.82, 2.24) is 0 Å². The minimum Gasteiger partial charge on any atom is -0.465 e. The fraction of sp³-hybridized carbons (Fsp3) is 0.300. The van der Waals surface area contributed by atoms with Crippen LogP contribution in [0.15, 0.2) is 30.3 Å². The summed E-state index contributed by atoms with van der Waals surface area (Å²) in [5.74, 6) is -4.95. The van der Waals surface area contributed by atoms with Crippen LogP contribution in [0.2, 0.25) is 0 Å². The number of methoxy groups -OCH3 is 1. The fourth-order valence-corrected chi connectivity index (χ4v) is 1.07. The Hall–Kier alpha value is -1.45. The highest BCUT2D eigenvalue weighted by atomic mass is 19.3. The maximum Gasteiger partial charge on any atom is 0.377 e. The van der Waals surface area contributed by atoms with E-state index in [1.54, 1.807) is 18.2 Å². The van der Waals surface area contributed by atoms with E-state index >= 15 is 0 Å². The highest BCUT2D eigenvalue weighted by molar-refractivity contribution is 5.77. The van der Waals surface area contributed by atoms with Gasteiger partial charge in [-0.25, -0.2) is 4.79 Å². The van der Waals surface area contributed by atoms with E-state index in [0.29, 0.717) is 5.56 Å². The molecule has 0 aliphatic heterocycles. The highest BCUT2D eigenvalue weighted by Crippen LogP contribution is 2.21. The van der Waals surface area contributed by atoms with Crippen LogP contribution in [0.4, 0.5) is 8.78 Å². The van der Waals surface area contributed by atoms with Crippen molar-refractivity contribution in [2.24, 2.45) is 0 Å². The van der Waals surface area contributed by atoms with Crippen LogP contribution in [0.5, 0.6) is 0 Å². The number of carbonyl (C=O) groups excluding carboxylic acids is 1. The Labute approximate surface area is 80.5 Å². The van der Waals surface area contributed by atoms with E-state index in [0.717, 1.165) is 7.11 Å². The summed E-state index contributed by atoms with van der Waals surface area (Å²) in [4.78, 5) is 10.7. The van der Waals surface area contributed by atoms with Gasteiger partial charge >= 0.3 is 11.9 Å². The van der Waals surface area contributed by atoms with Gasteiger partial charge in [-0.15, -0.1) is 0 Å². The lowest BCUT2D eigenvalue weighted by Crippen LogP contribution is -2.32. The van der Waals surface area contributed by atoms with Crippen molar-refractivity contribution in [3.05, 3.63) is 35.9 Å². The molecule has 0 unspecified atom stereocenters. The molecule has 0 aliphatic rings. The van der Waals surface area contributed by atoms with Gasteiger partial charge in [0.2, 0.25) is 0 Å². The predicted molar refractivity (Wildman–Crippen MR) is 47.1 cm³/mol. The van der Waals surface area contributed by atoms with Crippen LogP contribution in [0.1, 0.15) is 5.56 Å². The van der Waals surface area contributed by atoms with Crippen molar-refractivity contribution in [3.8, 4) is 0 Å². The third-order valence-corrected chi connectivity index (χ3v) is 1.75. The molecule has 1 aromatic carbocycles. The van der Waals surface area contributed by atoms with Crippen LogP contribution in [0.3, 0.4) is 0 Å². The Kier molecular flexibility index (Phi) is 3.17. The lowest BCUT2D eigenvalue weighted by molar-refractivity contribution is -0.168. The quantitative estimate of drug-likeness (QED) is 0.698.